The Labute approximate surface area is 176 Å². The number of rotatable bonds is 4. The number of aromatic nitrogens is 3. The van der Waals surface area contributed by atoms with Crippen LogP contribution in [0.5, 0.6) is 0 Å². The quantitative estimate of drug-likeness (QED) is 0.450. The van der Waals surface area contributed by atoms with E-state index in [1.165, 1.54) is 23.0 Å². The van der Waals surface area contributed by atoms with Gasteiger partial charge in [0.15, 0.2) is 0 Å². The molecule has 1 saturated carbocycles. The number of fused-ring (bicyclic) bond motifs is 1. The number of amides is 1. The molecule has 1 fully saturated rings. The normalized spacial score (nSPS) is 21.6. The van der Waals surface area contributed by atoms with E-state index in [-0.39, 0.29) is 26.4 Å². The number of thiophene rings is 1. The number of carbonyl (C=O) groups excluding carboxylic acids is 1. The van der Waals surface area contributed by atoms with Crippen LogP contribution in [0.25, 0.3) is 16.9 Å². The van der Waals surface area contributed by atoms with Gasteiger partial charge in [-0.3, -0.25) is 0 Å². The first-order chi connectivity index (χ1) is 13.8. The maximum atomic E-state index is 14.3. The summed E-state index contributed by atoms with van der Waals surface area (Å²) in [6, 6.07) is 3.35. The Bertz CT molecular complexity index is 1050. The fraction of sp³-hybridized carbons (Fsp3) is 0.389. The fourth-order valence-corrected chi connectivity index (χ4v) is 5.74. The molecule has 154 valence electrons. The summed E-state index contributed by atoms with van der Waals surface area (Å²) in [5.41, 5.74) is 0.901. The molecule has 1 aliphatic carbocycles. The van der Waals surface area contributed by atoms with E-state index in [0.717, 1.165) is 16.9 Å². The first-order valence-electron chi connectivity index (χ1n) is 8.93. The minimum absolute atomic E-state index is 0.0396. The van der Waals surface area contributed by atoms with Crippen molar-refractivity contribution in [1.82, 2.24) is 19.9 Å². The van der Waals surface area contributed by atoms with Crippen molar-refractivity contribution in [1.29, 1.82) is 0 Å². The summed E-state index contributed by atoms with van der Waals surface area (Å²) in [6.07, 6.45) is 0.786. The Hall–Kier alpha value is -1.93. The standard InChI is InChI=1S/C18H17AsF4N4OS/c19-10-3-1-5-18(22,23)15(10)26-17(28)12-7-9(14(29-12)16(20)21)11-8-24-13-4-2-6-25-27(11)13/h2,4,6-8,10,15-16H,1,3,5,19H2,(H,26,28)/t10-,15+/m1/s1. The van der Waals surface area contributed by atoms with E-state index in [0.29, 0.717) is 35.5 Å². The van der Waals surface area contributed by atoms with Crippen molar-refractivity contribution < 1.29 is 22.4 Å². The van der Waals surface area contributed by atoms with Crippen LogP contribution < -0.4 is 5.32 Å². The number of halogens is 4. The number of hydrogen-bond acceptors (Lipinski definition) is 4. The van der Waals surface area contributed by atoms with Gasteiger partial charge in [0.2, 0.25) is 0 Å². The van der Waals surface area contributed by atoms with Gasteiger partial charge in [-0.2, -0.15) is 0 Å². The minimum atomic E-state index is -3.01. The van der Waals surface area contributed by atoms with Gasteiger partial charge in [-0.1, -0.05) is 0 Å². The van der Waals surface area contributed by atoms with Crippen LogP contribution in [-0.4, -0.2) is 49.3 Å². The molecule has 1 amide bonds. The molecule has 3 aromatic heterocycles. The number of imidazole rings is 1. The van der Waals surface area contributed by atoms with Crippen molar-refractivity contribution in [3.63, 3.8) is 0 Å². The molecule has 3 aromatic rings. The van der Waals surface area contributed by atoms with Crippen LogP contribution in [0.2, 0.25) is 4.71 Å². The number of alkyl halides is 4. The molecule has 29 heavy (non-hydrogen) atoms. The predicted molar refractivity (Wildman–Crippen MR) is 104 cm³/mol. The molecule has 0 aliphatic heterocycles. The molecular formula is C18H17AsF4N4OS. The van der Waals surface area contributed by atoms with Gasteiger partial charge in [0.25, 0.3) is 0 Å². The zero-order chi connectivity index (χ0) is 20.8. The topological polar surface area (TPSA) is 59.3 Å². The molecule has 4 rings (SSSR count). The van der Waals surface area contributed by atoms with Crippen LogP contribution in [0, 0.1) is 0 Å². The van der Waals surface area contributed by atoms with Crippen LogP contribution in [0.1, 0.15) is 40.2 Å². The van der Waals surface area contributed by atoms with Crippen molar-refractivity contribution in [3.05, 3.63) is 40.3 Å². The number of nitrogens with one attached hydrogen (secondary N) is 1. The third kappa shape index (κ3) is 3.80. The predicted octanol–water partition coefficient (Wildman–Crippen LogP) is 3.73. The van der Waals surface area contributed by atoms with E-state index in [1.807, 2.05) is 0 Å². The van der Waals surface area contributed by atoms with Crippen molar-refractivity contribution in [2.45, 2.75) is 42.4 Å². The molecule has 1 aliphatic rings. The number of carbonyl (C=O) groups is 1. The molecule has 0 saturated heterocycles. The first-order valence-corrected chi connectivity index (χ1v) is 11.1. The van der Waals surface area contributed by atoms with Crippen LogP contribution in [0.3, 0.4) is 0 Å². The molecule has 5 nitrogen and oxygen atoms in total. The van der Waals surface area contributed by atoms with E-state index in [4.69, 9.17) is 0 Å². The molecule has 1 N–H and O–H groups in total. The Kier molecular flexibility index (Phi) is 5.42. The monoisotopic (exact) mass is 488 g/mol. The van der Waals surface area contributed by atoms with Gasteiger partial charge in [-0.05, 0) is 0 Å². The average Bonchev–Trinajstić information content (AvgIpc) is 3.28. The molecular weight excluding hydrogens is 471 g/mol. The van der Waals surface area contributed by atoms with Crippen LogP contribution >= 0.6 is 11.3 Å². The van der Waals surface area contributed by atoms with Gasteiger partial charge in [0.1, 0.15) is 0 Å². The molecule has 0 radical (unpaired) electrons. The molecule has 0 aromatic carbocycles. The second-order valence-electron chi connectivity index (χ2n) is 6.89. The Morgan fingerprint density at radius 3 is 2.93 bits per heavy atom. The van der Waals surface area contributed by atoms with Crippen molar-refractivity contribution >= 4 is 39.7 Å². The fourth-order valence-electron chi connectivity index (χ4n) is 3.53. The van der Waals surface area contributed by atoms with E-state index in [9.17, 15) is 22.4 Å². The zero-order valence-electron chi connectivity index (χ0n) is 15.0. The Morgan fingerprint density at radius 1 is 1.41 bits per heavy atom. The molecule has 3 atom stereocenters. The summed E-state index contributed by atoms with van der Waals surface area (Å²) in [6.45, 7) is 0. The molecule has 0 bridgehead atoms. The first kappa shape index (κ1) is 20.3. The van der Waals surface area contributed by atoms with Crippen molar-refractivity contribution in [2.75, 3.05) is 0 Å². The second-order valence-corrected chi connectivity index (χ2v) is 9.77. The molecule has 3 heterocycles. The Balaban J connectivity index is 1.69. The van der Waals surface area contributed by atoms with E-state index >= 15 is 0 Å². The maximum absolute atomic E-state index is 14.3. The molecule has 1 unspecified atom stereocenters. The van der Waals surface area contributed by atoms with Gasteiger partial charge in [-0.15, -0.1) is 0 Å². The van der Waals surface area contributed by atoms with Crippen molar-refractivity contribution in [2.24, 2.45) is 0 Å². The summed E-state index contributed by atoms with van der Waals surface area (Å²) >= 11 is 1.75. The summed E-state index contributed by atoms with van der Waals surface area (Å²) < 4.78 is 56.9. The summed E-state index contributed by atoms with van der Waals surface area (Å²) in [4.78, 5) is 16.4. The number of nitrogens with zero attached hydrogens (tertiary/aromatic N) is 3. The van der Waals surface area contributed by atoms with Gasteiger partial charge < -0.3 is 0 Å². The van der Waals surface area contributed by atoms with E-state index in [1.54, 1.807) is 12.1 Å². The Morgan fingerprint density at radius 2 is 2.21 bits per heavy atom. The van der Waals surface area contributed by atoms with Crippen LogP contribution in [0.4, 0.5) is 17.6 Å². The van der Waals surface area contributed by atoms with Gasteiger partial charge in [0, 0.05) is 0 Å². The number of hydrogen-bond donors (Lipinski definition) is 1. The van der Waals surface area contributed by atoms with Crippen LogP contribution in [-0.2, 0) is 0 Å². The van der Waals surface area contributed by atoms with E-state index < -0.39 is 24.3 Å². The van der Waals surface area contributed by atoms with Gasteiger partial charge >= 0.3 is 176 Å². The third-order valence-corrected chi connectivity index (χ3v) is 7.60. The average molecular weight is 488 g/mol. The van der Waals surface area contributed by atoms with Gasteiger partial charge in [-0.25, -0.2) is 0 Å². The van der Waals surface area contributed by atoms with Crippen molar-refractivity contribution in [3.8, 4) is 11.3 Å². The summed E-state index contributed by atoms with van der Waals surface area (Å²) in [5.74, 6) is -3.77. The third-order valence-electron chi connectivity index (χ3n) is 4.95. The summed E-state index contributed by atoms with van der Waals surface area (Å²) in [5, 5.41) is 6.50. The zero-order valence-corrected chi connectivity index (χ0v) is 18.2. The SMILES string of the molecule is O=C(N[C@H]1[C@H]([AsH2])CCCC1(F)F)c1cc(-c2cnc3cccnn23)c(C(F)F)s1. The molecule has 11 heteroatoms. The molecule has 0 spiro atoms. The van der Waals surface area contributed by atoms with Crippen LogP contribution in [0.15, 0.2) is 30.6 Å². The van der Waals surface area contributed by atoms with Gasteiger partial charge in [0.05, 0.1) is 0 Å². The second kappa shape index (κ2) is 7.72. The summed E-state index contributed by atoms with van der Waals surface area (Å²) in [7, 11) is 0. The van der Waals surface area contributed by atoms with E-state index in [2.05, 4.69) is 15.4 Å².